The highest BCUT2D eigenvalue weighted by atomic mass is 35.5. The van der Waals surface area contributed by atoms with Crippen LogP contribution in [0.1, 0.15) is 18.5 Å². The van der Waals surface area contributed by atoms with Crippen LogP contribution in [0.25, 0.3) is 0 Å². The molecule has 0 bridgehead atoms. The number of morpholine rings is 1. The number of hydrogen-bond donors (Lipinski definition) is 1. The van der Waals surface area contributed by atoms with Gasteiger partial charge in [-0.15, -0.1) is 0 Å². The topological polar surface area (TPSA) is 84.9 Å². The molecular weight excluding hydrogens is 451 g/mol. The van der Waals surface area contributed by atoms with Gasteiger partial charge < -0.3 is 14.8 Å². The Kier molecular flexibility index (Phi) is 7.60. The first kappa shape index (κ1) is 22.8. The summed E-state index contributed by atoms with van der Waals surface area (Å²) in [5, 5.41) is 3.68. The maximum atomic E-state index is 13.0. The predicted octanol–water partition coefficient (Wildman–Crippen LogP) is 3.27. The van der Waals surface area contributed by atoms with E-state index in [-0.39, 0.29) is 47.3 Å². The Balaban J connectivity index is 1.69. The summed E-state index contributed by atoms with van der Waals surface area (Å²) in [7, 11) is -3.83. The molecule has 0 aliphatic carbocycles. The van der Waals surface area contributed by atoms with Gasteiger partial charge in [-0.05, 0) is 42.8 Å². The molecule has 0 spiro atoms. The number of sulfonamides is 1. The minimum absolute atomic E-state index is 0.0696. The number of amides is 1. The average molecular weight is 473 g/mol. The van der Waals surface area contributed by atoms with Gasteiger partial charge in [0, 0.05) is 23.1 Å². The molecular formula is C20H22Cl2N2O5S. The van der Waals surface area contributed by atoms with Crippen molar-refractivity contribution in [3.8, 4) is 5.75 Å². The van der Waals surface area contributed by atoms with Crippen LogP contribution in [-0.2, 0) is 19.6 Å². The highest BCUT2D eigenvalue weighted by Crippen LogP contribution is 2.30. The van der Waals surface area contributed by atoms with Crippen molar-refractivity contribution in [1.82, 2.24) is 9.62 Å². The maximum Gasteiger partial charge on any atom is 0.258 e. The van der Waals surface area contributed by atoms with Crippen molar-refractivity contribution in [3.05, 3.63) is 58.1 Å². The Hall–Kier alpha value is -1.84. The van der Waals surface area contributed by atoms with E-state index in [1.165, 1.54) is 22.5 Å². The number of nitrogens with zero attached hydrogens (tertiary/aromatic N) is 1. The molecule has 1 aliphatic heterocycles. The fourth-order valence-electron chi connectivity index (χ4n) is 2.99. The van der Waals surface area contributed by atoms with E-state index >= 15 is 0 Å². The lowest BCUT2D eigenvalue weighted by molar-refractivity contribution is -0.123. The van der Waals surface area contributed by atoms with Gasteiger partial charge in [0.25, 0.3) is 5.91 Å². The zero-order chi connectivity index (χ0) is 21.7. The molecule has 1 atom stereocenters. The van der Waals surface area contributed by atoms with Gasteiger partial charge in [0.1, 0.15) is 10.6 Å². The van der Waals surface area contributed by atoms with Gasteiger partial charge >= 0.3 is 0 Å². The number of rotatable bonds is 7. The summed E-state index contributed by atoms with van der Waals surface area (Å²) in [5.74, 6) is -0.317. The minimum Gasteiger partial charge on any atom is -0.482 e. The van der Waals surface area contributed by atoms with Gasteiger partial charge in [0.15, 0.2) is 6.61 Å². The van der Waals surface area contributed by atoms with Crippen LogP contribution >= 0.6 is 23.2 Å². The highest BCUT2D eigenvalue weighted by molar-refractivity contribution is 7.89. The van der Waals surface area contributed by atoms with Crippen LogP contribution in [0.5, 0.6) is 5.75 Å². The highest BCUT2D eigenvalue weighted by Gasteiger charge is 2.29. The second-order valence-corrected chi connectivity index (χ2v) is 9.52. The lowest BCUT2D eigenvalue weighted by Gasteiger charge is -2.27. The van der Waals surface area contributed by atoms with Gasteiger partial charge in [-0.1, -0.05) is 35.3 Å². The molecule has 2 aromatic carbocycles. The van der Waals surface area contributed by atoms with Crippen LogP contribution in [0.3, 0.4) is 0 Å². The van der Waals surface area contributed by atoms with Crippen LogP contribution < -0.4 is 10.1 Å². The fourth-order valence-corrected chi connectivity index (χ4v) is 4.92. The normalized spacial score (nSPS) is 16.1. The van der Waals surface area contributed by atoms with E-state index in [9.17, 15) is 13.2 Å². The first-order valence-electron chi connectivity index (χ1n) is 9.32. The molecule has 0 saturated carbocycles. The predicted molar refractivity (Wildman–Crippen MR) is 115 cm³/mol. The molecule has 3 rings (SSSR count). The van der Waals surface area contributed by atoms with Crippen molar-refractivity contribution in [2.45, 2.75) is 17.9 Å². The van der Waals surface area contributed by atoms with E-state index < -0.39 is 10.0 Å². The number of benzene rings is 2. The second-order valence-electron chi connectivity index (χ2n) is 6.74. The molecule has 2 aromatic rings. The molecule has 0 unspecified atom stereocenters. The molecule has 30 heavy (non-hydrogen) atoms. The summed E-state index contributed by atoms with van der Waals surface area (Å²) < 4.78 is 38.1. The third-order valence-electron chi connectivity index (χ3n) is 4.60. The summed E-state index contributed by atoms with van der Waals surface area (Å²) in [6.45, 7) is 2.62. The summed E-state index contributed by atoms with van der Waals surface area (Å²) in [6.07, 6.45) is 0. The van der Waals surface area contributed by atoms with Crippen LogP contribution in [0, 0.1) is 0 Å². The average Bonchev–Trinajstić information content (AvgIpc) is 2.74. The van der Waals surface area contributed by atoms with Crippen molar-refractivity contribution in [1.29, 1.82) is 0 Å². The van der Waals surface area contributed by atoms with E-state index in [2.05, 4.69) is 5.32 Å². The number of nitrogens with one attached hydrogen (secondary N) is 1. The van der Waals surface area contributed by atoms with E-state index in [1.807, 2.05) is 19.1 Å². The quantitative estimate of drug-likeness (QED) is 0.668. The molecule has 1 amide bonds. The summed E-state index contributed by atoms with van der Waals surface area (Å²) in [6, 6.07) is 11.2. The van der Waals surface area contributed by atoms with Crippen LogP contribution in [0.4, 0.5) is 0 Å². The van der Waals surface area contributed by atoms with Crippen molar-refractivity contribution in [2.24, 2.45) is 0 Å². The van der Waals surface area contributed by atoms with E-state index in [4.69, 9.17) is 32.7 Å². The number of carbonyl (C=O) groups excluding carboxylic acids is 1. The summed E-state index contributed by atoms with van der Waals surface area (Å²) >= 11 is 11.9. The fraction of sp³-hybridized carbons (Fsp3) is 0.350. The van der Waals surface area contributed by atoms with E-state index in [0.717, 1.165) is 5.56 Å². The molecule has 1 heterocycles. The van der Waals surface area contributed by atoms with Gasteiger partial charge in [0.2, 0.25) is 10.0 Å². The van der Waals surface area contributed by atoms with Gasteiger partial charge in [-0.25, -0.2) is 8.42 Å². The van der Waals surface area contributed by atoms with E-state index in [1.54, 1.807) is 12.1 Å². The smallest absolute Gasteiger partial charge is 0.258 e. The van der Waals surface area contributed by atoms with E-state index in [0.29, 0.717) is 18.2 Å². The SMILES string of the molecule is C[C@@H](NC(=O)COc1ccc(Cl)cc1S(=O)(=O)N1CCOCC1)c1ccc(Cl)cc1. The summed E-state index contributed by atoms with van der Waals surface area (Å²) in [5.41, 5.74) is 0.884. The Morgan fingerprint density at radius 2 is 1.77 bits per heavy atom. The van der Waals surface area contributed by atoms with Crippen LogP contribution in [0.2, 0.25) is 10.0 Å². The molecule has 0 radical (unpaired) electrons. The van der Waals surface area contributed by atoms with Crippen molar-refractivity contribution < 1.29 is 22.7 Å². The first-order valence-corrected chi connectivity index (χ1v) is 11.5. The Labute approximate surface area is 185 Å². The Morgan fingerprint density at radius 3 is 2.43 bits per heavy atom. The minimum atomic E-state index is -3.83. The molecule has 162 valence electrons. The first-order chi connectivity index (χ1) is 14.3. The molecule has 0 aromatic heterocycles. The third kappa shape index (κ3) is 5.65. The Bertz CT molecular complexity index is 993. The number of hydrogen-bond acceptors (Lipinski definition) is 5. The van der Waals surface area contributed by atoms with Gasteiger partial charge in [-0.3, -0.25) is 4.79 Å². The number of halogens is 2. The zero-order valence-corrected chi connectivity index (χ0v) is 18.6. The number of ether oxygens (including phenoxy) is 2. The molecule has 7 nitrogen and oxygen atoms in total. The maximum absolute atomic E-state index is 13.0. The Morgan fingerprint density at radius 1 is 1.13 bits per heavy atom. The second kappa shape index (κ2) is 9.98. The molecule has 1 saturated heterocycles. The molecule has 1 fully saturated rings. The number of carbonyl (C=O) groups is 1. The lowest BCUT2D eigenvalue weighted by atomic mass is 10.1. The van der Waals surface area contributed by atoms with Crippen molar-refractivity contribution in [3.63, 3.8) is 0 Å². The van der Waals surface area contributed by atoms with Crippen molar-refractivity contribution in [2.75, 3.05) is 32.9 Å². The third-order valence-corrected chi connectivity index (χ3v) is 7.01. The van der Waals surface area contributed by atoms with Crippen molar-refractivity contribution >= 4 is 39.1 Å². The lowest BCUT2D eigenvalue weighted by Crippen LogP contribution is -2.40. The standard InChI is InChI=1S/C20H22Cl2N2O5S/c1-14(15-2-4-16(21)5-3-15)23-20(25)13-29-18-7-6-17(22)12-19(18)30(26,27)24-8-10-28-11-9-24/h2-7,12,14H,8-11,13H2,1H3,(H,23,25)/t14-/m1/s1. The monoisotopic (exact) mass is 472 g/mol. The van der Waals surface area contributed by atoms with Gasteiger partial charge in [0.05, 0.1) is 19.3 Å². The molecule has 1 N–H and O–H groups in total. The van der Waals surface area contributed by atoms with Gasteiger partial charge in [-0.2, -0.15) is 4.31 Å². The van der Waals surface area contributed by atoms with Crippen LogP contribution in [-0.4, -0.2) is 51.5 Å². The zero-order valence-electron chi connectivity index (χ0n) is 16.3. The van der Waals surface area contributed by atoms with Crippen LogP contribution in [0.15, 0.2) is 47.4 Å². The molecule has 10 heteroatoms. The summed E-state index contributed by atoms with van der Waals surface area (Å²) in [4.78, 5) is 12.3. The largest absolute Gasteiger partial charge is 0.482 e. The molecule has 1 aliphatic rings.